The molecule has 4 heteroatoms. The van der Waals surface area contributed by atoms with Gasteiger partial charge in [0, 0.05) is 18.7 Å². The third-order valence-electron chi connectivity index (χ3n) is 1.28. The van der Waals surface area contributed by atoms with E-state index in [2.05, 4.69) is 11.1 Å². The summed E-state index contributed by atoms with van der Waals surface area (Å²) in [7, 11) is 1.65. The minimum atomic E-state index is 0.295. The Morgan fingerprint density at radius 3 is 2.82 bits per heavy atom. The van der Waals surface area contributed by atoms with Gasteiger partial charge in [0.25, 0.3) is 0 Å². The molecule has 3 nitrogen and oxygen atoms in total. The zero-order chi connectivity index (χ0) is 8.69. The highest BCUT2D eigenvalue weighted by molar-refractivity contribution is 8.14. The van der Waals surface area contributed by atoms with Crippen molar-refractivity contribution in [3.05, 3.63) is 0 Å². The molecule has 0 bridgehead atoms. The van der Waals surface area contributed by atoms with Crippen LogP contribution in [0, 0.1) is 11.3 Å². The van der Waals surface area contributed by atoms with Crippen molar-refractivity contribution in [1.29, 1.82) is 5.26 Å². The van der Waals surface area contributed by atoms with Gasteiger partial charge in [-0.15, -0.1) is 0 Å². The topological polar surface area (TPSA) is 62.2 Å². The van der Waals surface area contributed by atoms with Gasteiger partial charge < -0.3 is 5.73 Å². The number of rotatable bonds is 3. The van der Waals surface area contributed by atoms with Crippen molar-refractivity contribution < 1.29 is 0 Å². The maximum Gasteiger partial charge on any atom is 0.153 e. The van der Waals surface area contributed by atoms with Gasteiger partial charge in [-0.25, -0.2) is 0 Å². The van der Waals surface area contributed by atoms with Gasteiger partial charge in [-0.05, 0) is 6.42 Å². The molecule has 0 aliphatic carbocycles. The number of hydrogen-bond acceptors (Lipinski definition) is 3. The number of aliphatic imine (C=N–C) groups is 1. The van der Waals surface area contributed by atoms with Crippen LogP contribution in [0.25, 0.3) is 0 Å². The van der Waals surface area contributed by atoms with Crippen molar-refractivity contribution in [3.8, 4) is 6.07 Å². The Morgan fingerprint density at radius 2 is 2.45 bits per heavy atom. The molecular weight excluding hydrogens is 158 g/mol. The normalized spacial score (nSPS) is 14.1. The first kappa shape index (κ1) is 10.3. The summed E-state index contributed by atoms with van der Waals surface area (Å²) in [5.41, 5.74) is 5.48. The van der Waals surface area contributed by atoms with Crippen LogP contribution in [-0.4, -0.2) is 17.5 Å². The van der Waals surface area contributed by atoms with Crippen molar-refractivity contribution in [3.63, 3.8) is 0 Å². The third-order valence-corrected chi connectivity index (χ3v) is 2.54. The monoisotopic (exact) mass is 171 g/mol. The summed E-state index contributed by atoms with van der Waals surface area (Å²) in [5.74, 6) is 0. The second kappa shape index (κ2) is 6.05. The van der Waals surface area contributed by atoms with Crippen molar-refractivity contribution >= 4 is 16.9 Å². The molecule has 62 valence electrons. The molecule has 0 saturated heterocycles. The quantitative estimate of drug-likeness (QED) is 0.515. The molecule has 0 aromatic carbocycles. The fourth-order valence-electron chi connectivity index (χ4n) is 0.595. The van der Waals surface area contributed by atoms with Crippen LogP contribution in [0.2, 0.25) is 0 Å². The predicted octanol–water partition coefficient (Wildman–Crippen LogP) is 1.36. The summed E-state index contributed by atoms with van der Waals surface area (Å²) in [6.45, 7) is 2.04. The maximum absolute atomic E-state index is 8.41. The van der Waals surface area contributed by atoms with Crippen LogP contribution in [0.3, 0.4) is 0 Å². The average Bonchev–Trinajstić information content (AvgIpc) is 2.03. The van der Waals surface area contributed by atoms with E-state index in [1.54, 1.807) is 7.05 Å². The Hall–Kier alpha value is -0.690. The second-order valence-corrected chi connectivity index (χ2v) is 3.39. The van der Waals surface area contributed by atoms with Crippen molar-refractivity contribution in [2.75, 3.05) is 7.05 Å². The molecule has 11 heavy (non-hydrogen) atoms. The maximum atomic E-state index is 8.41. The van der Waals surface area contributed by atoms with E-state index < -0.39 is 0 Å². The minimum Gasteiger partial charge on any atom is -0.379 e. The molecule has 0 rings (SSSR count). The van der Waals surface area contributed by atoms with Crippen LogP contribution >= 0.6 is 11.8 Å². The first-order valence-corrected chi connectivity index (χ1v) is 4.38. The van der Waals surface area contributed by atoms with Crippen molar-refractivity contribution in [1.82, 2.24) is 0 Å². The van der Waals surface area contributed by atoms with Gasteiger partial charge in [0.05, 0.1) is 6.07 Å². The number of hydrogen-bond donors (Lipinski definition) is 1. The summed E-state index contributed by atoms with van der Waals surface area (Å²) in [6.07, 6.45) is 1.49. The molecule has 0 amide bonds. The zero-order valence-corrected chi connectivity index (χ0v) is 7.69. The summed E-state index contributed by atoms with van der Waals surface area (Å²) >= 11 is 1.47. The number of amidine groups is 1. The first-order valence-electron chi connectivity index (χ1n) is 3.50. The SMILES string of the molecule is CC[C@@H](CC#N)SC(N)=NC. The summed E-state index contributed by atoms with van der Waals surface area (Å²) in [6, 6.07) is 2.12. The van der Waals surface area contributed by atoms with Crippen molar-refractivity contribution in [2.24, 2.45) is 10.7 Å². The molecule has 0 aromatic rings. The smallest absolute Gasteiger partial charge is 0.153 e. The Kier molecular flexibility index (Phi) is 5.67. The molecule has 0 unspecified atom stereocenters. The third kappa shape index (κ3) is 4.68. The van der Waals surface area contributed by atoms with E-state index in [0.29, 0.717) is 16.8 Å². The number of nitrogens with two attached hydrogens (primary N) is 1. The van der Waals surface area contributed by atoms with Crippen LogP contribution in [-0.2, 0) is 0 Å². The molecule has 0 aliphatic rings. The van der Waals surface area contributed by atoms with Crippen LogP contribution in [0.4, 0.5) is 0 Å². The lowest BCUT2D eigenvalue weighted by Gasteiger charge is -2.08. The number of nitrogens with zero attached hydrogens (tertiary/aromatic N) is 2. The standard InChI is InChI=1S/C7H13N3S/c1-3-6(4-5-8)11-7(9)10-2/h6H,3-4H2,1-2H3,(H2,9,10)/t6-/m0/s1. The van der Waals surface area contributed by atoms with Crippen molar-refractivity contribution in [2.45, 2.75) is 25.0 Å². The molecule has 0 spiro atoms. The lowest BCUT2D eigenvalue weighted by atomic mass is 10.3. The highest BCUT2D eigenvalue weighted by Gasteiger charge is 2.07. The van der Waals surface area contributed by atoms with Gasteiger partial charge in [-0.1, -0.05) is 18.7 Å². The van der Waals surface area contributed by atoms with Crippen LogP contribution < -0.4 is 5.73 Å². The Balaban J connectivity index is 3.79. The summed E-state index contributed by atoms with van der Waals surface area (Å²) in [5, 5.41) is 9.27. The van der Waals surface area contributed by atoms with Gasteiger partial charge in [0.1, 0.15) is 0 Å². The van der Waals surface area contributed by atoms with E-state index in [1.165, 1.54) is 11.8 Å². The van der Waals surface area contributed by atoms with Crippen LogP contribution in [0.15, 0.2) is 4.99 Å². The minimum absolute atomic E-state index is 0.295. The van der Waals surface area contributed by atoms with E-state index in [4.69, 9.17) is 11.0 Å². The van der Waals surface area contributed by atoms with E-state index in [0.717, 1.165) is 6.42 Å². The van der Waals surface area contributed by atoms with Gasteiger partial charge in [0.15, 0.2) is 5.17 Å². The molecule has 0 heterocycles. The Labute approximate surface area is 71.7 Å². The molecule has 0 aliphatic heterocycles. The zero-order valence-electron chi connectivity index (χ0n) is 6.87. The fourth-order valence-corrected chi connectivity index (χ4v) is 1.37. The molecule has 0 radical (unpaired) electrons. The van der Waals surface area contributed by atoms with Gasteiger partial charge >= 0.3 is 0 Å². The van der Waals surface area contributed by atoms with Crippen LogP contribution in [0.1, 0.15) is 19.8 Å². The van der Waals surface area contributed by atoms with E-state index in [9.17, 15) is 0 Å². The van der Waals surface area contributed by atoms with E-state index >= 15 is 0 Å². The highest BCUT2D eigenvalue weighted by atomic mass is 32.2. The van der Waals surface area contributed by atoms with E-state index in [-0.39, 0.29) is 0 Å². The molecular formula is C7H13N3S. The van der Waals surface area contributed by atoms with Crippen LogP contribution in [0.5, 0.6) is 0 Å². The molecule has 0 aromatic heterocycles. The largest absolute Gasteiger partial charge is 0.379 e. The van der Waals surface area contributed by atoms with Gasteiger partial charge in [-0.3, -0.25) is 4.99 Å². The van der Waals surface area contributed by atoms with Gasteiger partial charge in [-0.2, -0.15) is 5.26 Å². The van der Waals surface area contributed by atoms with E-state index in [1.807, 2.05) is 6.92 Å². The molecule has 0 fully saturated rings. The fraction of sp³-hybridized carbons (Fsp3) is 0.714. The molecule has 2 N–H and O–H groups in total. The number of thioether (sulfide) groups is 1. The molecule has 1 atom stereocenters. The molecule has 0 saturated carbocycles. The summed E-state index contributed by atoms with van der Waals surface area (Å²) in [4.78, 5) is 3.81. The lowest BCUT2D eigenvalue weighted by molar-refractivity contribution is 0.847. The Bertz CT molecular complexity index is 171. The lowest BCUT2D eigenvalue weighted by Crippen LogP contribution is -2.12. The van der Waals surface area contributed by atoms with Gasteiger partial charge in [0.2, 0.25) is 0 Å². The Morgan fingerprint density at radius 1 is 1.82 bits per heavy atom. The summed E-state index contributed by atoms with van der Waals surface area (Å²) < 4.78 is 0. The first-order chi connectivity index (χ1) is 5.24. The number of nitriles is 1. The highest BCUT2D eigenvalue weighted by Crippen LogP contribution is 2.16. The average molecular weight is 171 g/mol. The second-order valence-electron chi connectivity index (χ2n) is 2.07. The predicted molar refractivity (Wildman–Crippen MR) is 49.4 cm³/mol.